The third kappa shape index (κ3) is 5.50. The van der Waals surface area contributed by atoms with Crippen LogP contribution in [0.15, 0.2) is 67.6 Å². The molecule has 0 radical (unpaired) electrons. The largest absolute Gasteiger partial charge is 0.494 e. The molecule has 2 N–H and O–H groups in total. The highest BCUT2D eigenvalue weighted by Gasteiger charge is 2.22. The van der Waals surface area contributed by atoms with E-state index in [0.717, 1.165) is 25.4 Å². The molecule has 3 rings (SSSR count). The molecule has 0 saturated heterocycles. The van der Waals surface area contributed by atoms with Crippen molar-refractivity contribution in [2.24, 2.45) is 19.1 Å². The number of aliphatic imine (C=N–C) groups is 1. The first-order chi connectivity index (χ1) is 15.2. The van der Waals surface area contributed by atoms with Gasteiger partial charge in [-0.1, -0.05) is 39.3 Å². The van der Waals surface area contributed by atoms with E-state index in [1.165, 1.54) is 14.1 Å². The number of carbonyl (C=O) groups excluding carboxylic acids is 1. The van der Waals surface area contributed by atoms with Gasteiger partial charge in [0.15, 0.2) is 0 Å². The highest BCUT2D eigenvalue weighted by atomic mass is 79.9. The molecule has 0 fully saturated rings. The molecule has 0 spiro atoms. The van der Waals surface area contributed by atoms with Crippen LogP contribution in [0.5, 0.6) is 5.88 Å². The Balaban J connectivity index is 1.96. The maximum absolute atomic E-state index is 12.8. The van der Waals surface area contributed by atoms with Crippen LogP contribution in [0, 0.1) is 0 Å². The minimum Gasteiger partial charge on any atom is -0.494 e. The van der Waals surface area contributed by atoms with Crippen LogP contribution in [0.2, 0.25) is 5.02 Å². The maximum Gasteiger partial charge on any atom is 0.333 e. The number of hydrogen-bond donors (Lipinski definition) is 2. The van der Waals surface area contributed by atoms with Gasteiger partial charge >= 0.3 is 5.69 Å². The summed E-state index contributed by atoms with van der Waals surface area (Å²) in [5, 5.41) is 13.9. The average Bonchev–Trinajstić information content (AvgIpc) is 2.77. The van der Waals surface area contributed by atoms with Crippen LogP contribution in [-0.4, -0.2) is 30.9 Å². The minimum absolute atomic E-state index is 0.0894. The minimum atomic E-state index is -0.723. The van der Waals surface area contributed by atoms with E-state index in [4.69, 9.17) is 11.6 Å². The summed E-state index contributed by atoms with van der Waals surface area (Å²) < 4.78 is 2.69. The number of thioether (sulfide) groups is 1. The van der Waals surface area contributed by atoms with Gasteiger partial charge in [0.1, 0.15) is 10.6 Å². The molecule has 0 atom stereocenters. The van der Waals surface area contributed by atoms with Gasteiger partial charge in [-0.25, -0.2) is 9.79 Å². The van der Waals surface area contributed by atoms with Gasteiger partial charge in [-0.05, 0) is 48.5 Å². The highest BCUT2D eigenvalue weighted by Crippen LogP contribution is 2.24. The summed E-state index contributed by atoms with van der Waals surface area (Å²) in [6.07, 6.45) is 0. The van der Waals surface area contributed by atoms with E-state index in [0.29, 0.717) is 16.4 Å². The Morgan fingerprint density at radius 2 is 1.72 bits per heavy atom. The van der Waals surface area contributed by atoms with Crippen LogP contribution in [0.3, 0.4) is 0 Å². The number of nitrogens with one attached hydrogen (secondary N) is 1. The van der Waals surface area contributed by atoms with Crippen LogP contribution in [-0.2, 0) is 18.9 Å². The lowest BCUT2D eigenvalue weighted by molar-refractivity contribution is -0.113. The van der Waals surface area contributed by atoms with Crippen molar-refractivity contribution >= 4 is 61.6 Å². The molecule has 2 aromatic carbocycles. The molecule has 0 bridgehead atoms. The topological polar surface area (TPSA) is 106 Å². The number of anilines is 1. The summed E-state index contributed by atoms with van der Waals surface area (Å²) in [6.45, 7) is 0. The monoisotopic (exact) mass is 536 g/mol. The Kier molecular flexibility index (Phi) is 7.60. The first kappa shape index (κ1) is 23.8. The molecule has 0 aliphatic carbocycles. The summed E-state index contributed by atoms with van der Waals surface area (Å²) >= 11 is 10.2. The molecule has 0 saturated carbocycles. The number of carbonyl (C=O) groups is 1. The van der Waals surface area contributed by atoms with Crippen molar-refractivity contribution in [2.45, 2.75) is 0 Å². The standard InChI is InChI=1S/C21H18BrClN4O4S/c1-26-19(29)17(20(30)27(2)21(26)31)18(25-15-9-5-13(23)6-10-15)32-11-16(28)24-14-7-3-12(22)4-8-14/h3-10,29H,11H2,1-2H3,(H,24,28). The first-order valence-corrected chi connectivity index (χ1v) is 11.3. The lowest BCUT2D eigenvalue weighted by Crippen LogP contribution is -2.39. The summed E-state index contributed by atoms with van der Waals surface area (Å²) in [5.74, 6) is -0.956. The Labute approximate surface area is 200 Å². The first-order valence-electron chi connectivity index (χ1n) is 9.19. The number of halogens is 2. The molecule has 166 valence electrons. The zero-order chi connectivity index (χ0) is 23.4. The zero-order valence-corrected chi connectivity index (χ0v) is 20.2. The molecule has 1 heterocycles. The van der Waals surface area contributed by atoms with Crippen LogP contribution < -0.4 is 16.6 Å². The predicted molar refractivity (Wildman–Crippen MR) is 131 cm³/mol. The van der Waals surface area contributed by atoms with Crippen molar-refractivity contribution in [2.75, 3.05) is 11.1 Å². The third-order valence-corrected chi connectivity index (χ3v) is 6.13. The normalized spacial score (nSPS) is 11.4. The van der Waals surface area contributed by atoms with Crippen molar-refractivity contribution < 1.29 is 9.90 Å². The molecule has 0 aliphatic rings. The van der Waals surface area contributed by atoms with E-state index < -0.39 is 17.1 Å². The lowest BCUT2D eigenvalue weighted by Gasteiger charge is -2.12. The van der Waals surface area contributed by atoms with E-state index in [-0.39, 0.29) is 22.3 Å². The van der Waals surface area contributed by atoms with E-state index in [2.05, 4.69) is 26.2 Å². The van der Waals surface area contributed by atoms with Crippen LogP contribution in [0.4, 0.5) is 11.4 Å². The smallest absolute Gasteiger partial charge is 0.333 e. The van der Waals surface area contributed by atoms with Gasteiger partial charge in [0.2, 0.25) is 11.8 Å². The second kappa shape index (κ2) is 10.2. The van der Waals surface area contributed by atoms with Gasteiger partial charge in [0.25, 0.3) is 5.56 Å². The van der Waals surface area contributed by atoms with E-state index in [1.807, 2.05) is 0 Å². The maximum atomic E-state index is 12.8. The van der Waals surface area contributed by atoms with E-state index in [1.54, 1.807) is 48.5 Å². The molecular formula is C21H18BrClN4O4S. The number of aromatic hydroxyl groups is 1. The lowest BCUT2D eigenvalue weighted by atomic mass is 10.3. The van der Waals surface area contributed by atoms with Gasteiger partial charge in [-0.3, -0.25) is 18.7 Å². The molecule has 3 aromatic rings. The number of amides is 1. The van der Waals surface area contributed by atoms with Crippen LogP contribution >= 0.6 is 39.3 Å². The van der Waals surface area contributed by atoms with Crippen molar-refractivity contribution in [3.05, 3.63) is 84.4 Å². The van der Waals surface area contributed by atoms with Crippen molar-refractivity contribution in [3.8, 4) is 5.88 Å². The second-order valence-corrected chi connectivity index (χ2v) is 8.96. The molecule has 0 unspecified atom stereocenters. The molecule has 0 aliphatic heterocycles. The van der Waals surface area contributed by atoms with Gasteiger partial charge < -0.3 is 10.4 Å². The Hall–Kier alpha value is -2.82. The van der Waals surface area contributed by atoms with Crippen molar-refractivity contribution in [1.82, 2.24) is 9.13 Å². The Bertz CT molecular complexity index is 1300. The molecule has 1 amide bonds. The number of benzene rings is 2. The molecule has 32 heavy (non-hydrogen) atoms. The third-order valence-electron chi connectivity index (χ3n) is 4.37. The zero-order valence-electron chi connectivity index (χ0n) is 17.0. The Morgan fingerprint density at radius 3 is 2.34 bits per heavy atom. The molecule has 8 nitrogen and oxygen atoms in total. The van der Waals surface area contributed by atoms with Crippen LogP contribution in [0.25, 0.3) is 0 Å². The van der Waals surface area contributed by atoms with Crippen molar-refractivity contribution in [1.29, 1.82) is 0 Å². The second-order valence-electron chi connectivity index (χ2n) is 6.64. The van der Waals surface area contributed by atoms with Gasteiger partial charge in [-0.15, -0.1) is 0 Å². The SMILES string of the molecule is Cn1c(O)c(C(=Nc2ccc(Cl)cc2)SCC(=O)Nc2ccc(Br)cc2)c(=O)n(C)c1=O. The van der Waals surface area contributed by atoms with Gasteiger partial charge in [0, 0.05) is 29.3 Å². The highest BCUT2D eigenvalue weighted by molar-refractivity contribution is 9.10. The number of aromatic nitrogens is 2. The molecule has 11 heteroatoms. The van der Waals surface area contributed by atoms with Crippen molar-refractivity contribution in [3.63, 3.8) is 0 Å². The summed E-state index contributed by atoms with van der Waals surface area (Å²) in [7, 11) is 2.64. The quantitative estimate of drug-likeness (QED) is 0.382. The summed E-state index contributed by atoms with van der Waals surface area (Å²) in [5.41, 5.74) is -0.512. The van der Waals surface area contributed by atoms with Gasteiger partial charge in [-0.2, -0.15) is 0 Å². The Morgan fingerprint density at radius 1 is 1.09 bits per heavy atom. The molecular weight excluding hydrogens is 520 g/mol. The molecule has 1 aromatic heterocycles. The average molecular weight is 538 g/mol. The summed E-state index contributed by atoms with van der Waals surface area (Å²) in [4.78, 5) is 41.8. The van der Waals surface area contributed by atoms with E-state index in [9.17, 15) is 19.5 Å². The fourth-order valence-electron chi connectivity index (χ4n) is 2.68. The number of hydrogen-bond acceptors (Lipinski definition) is 6. The van der Waals surface area contributed by atoms with E-state index >= 15 is 0 Å². The van der Waals surface area contributed by atoms with Gasteiger partial charge in [0.05, 0.1) is 11.4 Å². The number of nitrogens with zero attached hydrogens (tertiary/aromatic N) is 3. The summed E-state index contributed by atoms with van der Waals surface area (Å²) in [6, 6.07) is 13.6. The van der Waals surface area contributed by atoms with Crippen LogP contribution in [0.1, 0.15) is 5.56 Å². The predicted octanol–water partition coefficient (Wildman–Crippen LogP) is 3.66. The fraction of sp³-hybridized carbons (Fsp3) is 0.143. The fourth-order valence-corrected chi connectivity index (χ4v) is 3.90. The number of rotatable bonds is 5.